The van der Waals surface area contributed by atoms with Crippen molar-refractivity contribution in [2.24, 2.45) is 11.7 Å². The topological polar surface area (TPSA) is 109 Å². The van der Waals surface area contributed by atoms with Crippen molar-refractivity contribution in [2.75, 3.05) is 11.5 Å². The van der Waals surface area contributed by atoms with E-state index < -0.39 is 5.97 Å². The minimum Gasteiger partial charge on any atom is -0.481 e. The molecule has 0 spiro atoms. The molecule has 7 heteroatoms. The molecule has 1 saturated carbocycles. The van der Waals surface area contributed by atoms with E-state index in [1.165, 1.54) is 11.8 Å². The van der Waals surface area contributed by atoms with E-state index in [0.29, 0.717) is 25.0 Å². The number of nitrogens with one attached hydrogen (secondary N) is 1. The summed E-state index contributed by atoms with van der Waals surface area (Å²) in [5.41, 5.74) is 4.97. The van der Waals surface area contributed by atoms with Gasteiger partial charge in [-0.25, -0.2) is 0 Å². The fraction of sp³-hybridized carbons (Fsp3) is 0.727. The molecule has 6 nitrogen and oxygen atoms in total. The zero-order chi connectivity index (χ0) is 13.5. The van der Waals surface area contributed by atoms with E-state index >= 15 is 0 Å². The average molecular weight is 274 g/mol. The molecule has 0 aromatic heterocycles. The molecule has 102 valence electrons. The van der Waals surface area contributed by atoms with Gasteiger partial charge in [0, 0.05) is 18.2 Å². The van der Waals surface area contributed by atoms with E-state index in [-0.39, 0.29) is 29.5 Å². The molecule has 18 heavy (non-hydrogen) atoms. The van der Waals surface area contributed by atoms with Gasteiger partial charge < -0.3 is 16.2 Å². The third-order valence-corrected chi connectivity index (χ3v) is 3.85. The number of hydrogen-bond donors (Lipinski definition) is 3. The molecule has 0 heterocycles. The Morgan fingerprint density at radius 3 is 2.61 bits per heavy atom. The van der Waals surface area contributed by atoms with Crippen LogP contribution in [0.5, 0.6) is 0 Å². The van der Waals surface area contributed by atoms with Crippen molar-refractivity contribution in [3.63, 3.8) is 0 Å². The van der Waals surface area contributed by atoms with Gasteiger partial charge in [0.2, 0.25) is 11.8 Å². The number of carbonyl (C=O) groups excluding carboxylic acids is 2. The molecule has 2 amide bonds. The predicted octanol–water partition coefficient (Wildman–Crippen LogP) is -0.0355. The predicted molar refractivity (Wildman–Crippen MR) is 68.0 cm³/mol. The van der Waals surface area contributed by atoms with Crippen LogP contribution in [0.3, 0.4) is 0 Å². The lowest BCUT2D eigenvalue weighted by atomic mass is 10.1. The standard InChI is InChI=1S/C11H18N2O4S/c12-9(14)6-18-4-3-10(15)13-8-2-1-7(5-8)11(16)17/h7-8H,1-6H2,(H2,12,14)(H,13,15)(H,16,17)/t7-,8+/m1/s1. The first-order chi connectivity index (χ1) is 8.49. The minimum absolute atomic E-state index is 0.0280. The van der Waals surface area contributed by atoms with Crippen molar-refractivity contribution in [1.82, 2.24) is 5.32 Å². The van der Waals surface area contributed by atoms with Crippen LogP contribution < -0.4 is 11.1 Å². The van der Waals surface area contributed by atoms with Crippen molar-refractivity contribution in [1.29, 1.82) is 0 Å². The Balaban J connectivity index is 2.13. The molecule has 1 rings (SSSR count). The second-order valence-electron chi connectivity index (χ2n) is 4.38. The molecule has 1 aliphatic carbocycles. The fourth-order valence-corrected chi connectivity index (χ4v) is 2.65. The summed E-state index contributed by atoms with van der Waals surface area (Å²) >= 11 is 1.32. The number of amides is 2. The normalized spacial score (nSPS) is 22.7. The third kappa shape index (κ3) is 5.39. The van der Waals surface area contributed by atoms with E-state index in [1.807, 2.05) is 0 Å². The second kappa shape index (κ2) is 7.25. The Kier molecular flexibility index (Phi) is 5.97. The Morgan fingerprint density at radius 1 is 1.33 bits per heavy atom. The molecule has 4 N–H and O–H groups in total. The van der Waals surface area contributed by atoms with Crippen LogP contribution in [0.1, 0.15) is 25.7 Å². The highest BCUT2D eigenvalue weighted by atomic mass is 32.2. The van der Waals surface area contributed by atoms with Gasteiger partial charge in [-0.3, -0.25) is 14.4 Å². The van der Waals surface area contributed by atoms with Crippen LogP contribution in [-0.4, -0.2) is 40.4 Å². The summed E-state index contributed by atoms with van der Waals surface area (Å²) in [5, 5.41) is 11.7. The van der Waals surface area contributed by atoms with Crippen molar-refractivity contribution in [2.45, 2.75) is 31.7 Å². The summed E-state index contributed by atoms with van der Waals surface area (Å²) in [6.07, 6.45) is 2.18. The maximum absolute atomic E-state index is 11.5. The zero-order valence-corrected chi connectivity index (χ0v) is 10.9. The monoisotopic (exact) mass is 274 g/mol. The Hall–Kier alpha value is -1.24. The van der Waals surface area contributed by atoms with Crippen molar-refractivity contribution >= 4 is 29.5 Å². The van der Waals surface area contributed by atoms with E-state index in [0.717, 1.165) is 6.42 Å². The largest absolute Gasteiger partial charge is 0.481 e. The molecule has 0 unspecified atom stereocenters. The van der Waals surface area contributed by atoms with E-state index in [9.17, 15) is 14.4 Å². The van der Waals surface area contributed by atoms with E-state index in [4.69, 9.17) is 10.8 Å². The van der Waals surface area contributed by atoms with Gasteiger partial charge in [-0.05, 0) is 19.3 Å². The maximum Gasteiger partial charge on any atom is 0.306 e. The highest BCUT2D eigenvalue weighted by Gasteiger charge is 2.30. The molecule has 0 aromatic rings. The molecule has 1 fully saturated rings. The van der Waals surface area contributed by atoms with Gasteiger partial charge in [-0.1, -0.05) is 0 Å². The van der Waals surface area contributed by atoms with Crippen LogP contribution in [0, 0.1) is 5.92 Å². The minimum atomic E-state index is -0.788. The number of carboxylic acid groups (broad SMARTS) is 1. The van der Waals surface area contributed by atoms with Gasteiger partial charge in [0.05, 0.1) is 11.7 Å². The highest BCUT2D eigenvalue weighted by molar-refractivity contribution is 7.99. The van der Waals surface area contributed by atoms with Gasteiger partial charge in [0.15, 0.2) is 0 Å². The molecule has 0 aliphatic heterocycles. The maximum atomic E-state index is 11.5. The summed E-state index contributed by atoms with van der Waals surface area (Å²) < 4.78 is 0. The Labute approximate surface area is 110 Å². The van der Waals surface area contributed by atoms with Gasteiger partial charge in [0.1, 0.15) is 0 Å². The van der Waals surface area contributed by atoms with Gasteiger partial charge in [-0.15, -0.1) is 0 Å². The van der Waals surface area contributed by atoms with Crippen LogP contribution in [0.4, 0.5) is 0 Å². The molecule has 2 atom stereocenters. The first-order valence-corrected chi connectivity index (χ1v) is 7.02. The van der Waals surface area contributed by atoms with E-state index in [1.54, 1.807) is 0 Å². The van der Waals surface area contributed by atoms with Crippen LogP contribution in [0.2, 0.25) is 0 Å². The fourth-order valence-electron chi connectivity index (χ4n) is 1.97. The first kappa shape index (κ1) is 14.8. The van der Waals surface area contributed by atoms with Crippen molar-refractivity contribution in [3.8, 4) is 0 Å². The molecular weight excluding hydrogens is 256 g/mol. The summed E-state index contributed by atoms with van der Waals surface area (Å²) in [5.74, 6) is -0.839. The molecule has 0 aromatic carbocycles. The second-order valence-corrected chi connectivity index (χ2v) is 5.49. The number of primary amides is 1. The summed E-state index contributed by atoms with van der Waals surface area (Å²) in [6.45, 7) is 0. The number of carboxylic acids is 1. The average Bonchev–Trinajstić information content (AvgIpc) is 2.72. The van der Waals surface area contributed by atoms with Gasteiger partial charge in [-0.2, -0.15) is 11.8 Å². The van der Waals surface area contributed by atoms with Crippen molar-refractivity contribution in [3.05, 3.63) is 0 Å². The van der Waals surface area contributed by atoms with Crippen LogP contribution in [-0.2, 0) is 14.4 Å². The van der Waals surface area contributed by atoms with Crippen LogP contribution >= 0.6 is 11.8 Å². The van der Waals surface area contributed by atoms with Crippen LogP contribution in [0.15, 0.2) is 0 Å². The number of carbonyl (C=O) groups is 3. The molecule has 1 aliphatic rings. The SMILES string of the molecule is NC(=O)CSCCC(=O)N[C@H]1CC[C@@H](C(=O)O)C1. The lowest BCUT2D eigenvalue weighted by Crippen LogP contribution is -2.33. The summed E-state index contributed by atoms with van der Waals surface area (Å²) in [6, 6.07) is -0.0280. The highest BCUT2D eigenvalue weighted by Crippen LogP contribution is 2.25. The zero-order valence-electron chi connectivity index (χ0n) is 10.1. The van der Waals surface area contributed by atoms with Crippen molar-refractivity contribution < 1.29 is 19.5 Å². The number of hydrogen-bond acceptors (Lipinski definition) is 4. The third-order valence-electron chi connectivity index (χ3n) is 2.86. The lowest BCUT2D eigenvalue weighted by molar-refractivity contribution is -0.141. The van der Waals surface area contributed by atoms with E-state index in [2.05, 4.69) is 5.32 Å². The Bertz CT molecular complexity index is 335. The number of thioether (sulfide) groups is 1. The molecule has 0 radical (unpaired) electrons. The lowest BCUT2D eigenvalue weighted by Gasteiger charge is -2.12. The first-order valence-electron chi connectivity index (χ1n) is 5.87. The number of nitrogens with two attached hydrogens (primary N) is 1. The number of rotatable bonds is 7. The van der Waals surface area contributed by atoms with Gasteiger partial charge in [0.25, 0.3) is 0 Å². The smallest absolute Gasteiger partial charge is 0.306 e. The quantitative estimate of drug-likeness (QED) is 0.564. The van der Waals surface area contributed by atoms with Crippen LogP contribution in [0.25, 0.3) is 0 Å². The Morgan fingerprint density at radius 2 is 2.06 bits per heavy atom. The summed E-state index contributed by atoms with van der Waals surface area (Å²) in [4.78, 5) is 32.7. The molecule has 0 bridgehead atoms. The summed E-state index contributed by atoms with van der Waals surface area (Å²) in [7, 11) is 0. The number of aliphatic carboxylic acids is 1. The molecule has 0 saturated heterocycles. The molecular formula is C11H18N2O4S. The van der Waals surface area contributed by atoms with Gasteiger partial charge >= 0.3 is 5.97 Å².